The molecule has 0 spiro atoms. The number of anilines is 1. The van der Waals surface area contributed by atoms with E-state index in [0.717, 1.165) is 25.9 Å². The van der Waals surface area contributed by atoms with Crippen molar-refractivity contribution < 1.29 is 18.3 Å². The molecule has 134 valence electrons. The van der Waals surface area contributed by atoms with Crippen LogP contribution in [-0.2, 0) is 11.3 Å². The van der Waals surface area contributed by atoms with E-state index in [2.05, 4.69) is 9.97 Å². The molecule has 0 saturated carbocycles. The molecule has 7 heteroatoms. The van der Waals surface area contributed by atoms with E-state index in [1.165, 1.54) is 12.3 Å². The molecule has 0 amide bonds. The van der Waals surface area contributed by atoms with Gasteiger partial charge in [0.05, 0.1) is 28.7 Å². The predicted octanol–water partition coefficient (Wildman–Crippen LogP) is 3.63. The van der Waals surface area contributed by atoms with Crippen molar-refractivity contribution in [3.63, 3.8) is 0 Å². The fourth-order valence-electron chi connectivity index (χ4n) is 3.15. The summed E-state index contributed by atoms with van der Waals surface area (Å²) >= 11 is 0. The number of aromatic nitrogens is 2. The van der Waals surface area contributed by atoms with Gasteiger partial charge in [0.15, 0.2) is 5.69 Å². The Balaban J connectivity index is 1.63. The molecule has 0 aliphatic carbocycles. The first-order chi connectivity index (χ1) is 12.6. The van der Waals surface area contributed by atoms with Gasteiger partial charge in [0.2, 0.25) is 0 Å². The van der Waals surface area contributed by atoms with Gasteiger partial charge in [-0.2, -0.15) is 0 Å². The normalized spacial score (nSPS) is 14.2. The Kier molecular flexibility index (Phi) is 4.28. The summed E-state index contributed by atoms with van der Waals surface area (Å²) in [5.41, 5.74) is 1.96. The third kappa shape index (κ3) is 3.12. The summed E-state index contributed by atoms with van der Waals surface area (Å²) in [6, 6.07) is 6.46. The molecule has 0 bridgehead atoms. The van der Waals surface area contributed by atoms with E-state index in [0.29, 0.717) is 28.2 Å². The van der Waals surface area contributed by atoms with Gasteiger partial charge in [-0.15, -0.1) is 0 Å². The summed E-state index contributed by atoms with van der Waals surface area (Å²) in [6.07, 6.45) is 3.62. The zero-order chi connectivity index (χ0) is 18.1. The van der Waals surface area contributed by atoms with Crippen molar-refractivity contribution in [3.8, 4) is 0 Å². The lowest BCUT2D eigenvalue weighted by molar-refractivity contribution is 0.0437. The van der Waals surface area contributed by atoms with E-state index in [1.54, 1.807) is 25.1 Å². The average molecular weight is 355 g/mol. The third-order valence-corrected chi connectivity index (χ3v) is 4.47. The maximum Gasteiger partial charge on any atom is 0.359 e. The maximum atomic E-state index is 14.5. The van der Waals surface area contributed by atoms with Crippen LogP contribution in [0.15, 0.2) is 34.9 Å². The molecule has 26 heavy (non-hydrogen) atoms. The highest BCUT2D eigenvalue weighted by atomic mass is 19.1. The maximum absolute atomic E-state index is 14.5. The Morgan fingerprint density at radius 1 is 1.27 bits per heavy atom. The molecule has 0 unspecified atom stereocenters. The van der Waals surface area contributed by atoms with Crippen molar-refractivity contribution in [2.45, 2.75) is 26.4 Å². The lowest BCUT2D eigenvalue weighted by Gasteiger charge is -2.18. The smallest absolute Gasteiger partial charge is 0.359 e. The number of rotatable bonds is 4. The van der Waals surface area contributed by atoms with Crippen molar-refractivity contribution in [3.05, 3.63) is 53.5 Å². The molecule has 3 aromatic rings. The minimum Gasteiger partial charge on any atom is -0.466 e. The second kappa shape index (κ2) is 6.74. The zero-order valence-corrected chi connectivity index (χ0v) is 14.4. The van der Waals surface area contributed by atoms with E-state index in [-0.39, 0.29) is 18.1 Å². The minimum absolute atomic E-state index is 0.00719. The number of carbonyl (C=O) groups is 1. The second-order valence-electron chi connectivity index (χ2n) is 6.30. The first kappa shape index (κ1) is 16.5. The van der Waals surface area contributed by atoms with Crippen LogP contribution in [0, 0.1) is 12.7 Å². The Hall–Kier alpha value is -2.96. The molecule has 2 aromatic heterocycles. The molecule has 1 aliphatic rings. The van der Waals surface area contributed by atoms with Crippen LogP contribution in [0.5, 0.6) is 0 Å². The molecule has 4 rings (SSSR count). The summed E-state index contributed by atoms with van der Waals surface area (Å²) in [7, 11) is 0. The van der Waals surface area contributed by atoms with Crippen LogP contribution in [0.3, 0.4) is 0 Å². The fourth-order valence-corrected chi connectivity index (χ4v) is 3.15. The zero-order valence-electron chi connectivity index (χ0n) is 14.4. The van der Waals surface area contributed by atoms with Crippen LogP contribution < -0.4 is 4.90 Å². The van der Waals surface area contributed by atoms with Gasteiger partial charge in [0.25, 0.3) is 0 Å². The largest absolute Gasteiger partial charge is 0.466 e. The van der Waals surface area contributed by atoms with Gasteiger partial charge in [-0.25, -0.2) is 19.2 Å². The van der Waals surface area contributed by atoms with Gasteiger partial charge < -0.3 is 14.1 Å². The Bertz CT molecular complexity index is 950. The number of benzene rings is 1. The van der Waals surface area contributed by atoms with Gasteiger partial charge in [0, 0.05) is 19.2 Å². The summed E-state index contributed by atoms with van der Waals surface area (Å²) < 4.78 is 24.8. The highest BCUT2D eigenvalue weighted by molar-refractivity contribution is 5.91. The fraction of sp³-hybridized carbons (Fsp3) is 0.316. The number of hydrogen-bond acceptors (Lipinski definition) is 6. The molecule has 0 N–H and O–H groups in total. The minimum atomic E-state index is -0.614. The number of halogens is 1. The van der Waals surface area contributed by atoms with Crippen molar-refractivity contribution in [2.24, 2.45) is 0 Å². The van der Waals surface area contributed by atoms with E-state index in [4.69, 9.17) is 9.15 Å². The molecule has 1 aromatic carbocycles. The number of nitrogens with zero attached hydrogens (tertiary/aromatic N) is 3. The van der Waals surface area contributed by atoms with Gasteiger partial charge in [-0.3, -0.25) is 0 Å². The second-order valence-corrected chi connectivity index (χ2v) is 6.30. The van der Waals surface area contributed by atoms with Gasteiger partial charge >= 0.3 is 5.97 Å². The Labute approximate surface area is 149 Å². The van der Waals surface area contributed by atoms with Crippen molar-refractivity contribution >= 4 is 22.7 Å². The Morgan fingerprint density at radius 3 is 2.77 bits per heavy atom. The van der Waals surface area contributed by atoms with Gasteiger partial charge in [0.1, 0.15) is 18.2 Å². The average Bonchev–Trinajstić information content (AvgIpc) is 3.32. The van der Waals surface area contributed by atoms with Gasteiger partial charge in [-0.05, 0) is 38.0 Å². The molecular weight excluding hydrogens is 337 g/mol. The molecule has 6 nitrogen and oxygen atoms in total. The topological polar surface area (TPSA) is 68.5 Å². The van der Waals surface area contributed by atoms with Crippen molar-refractivity contribution in [1.82, 2.24) is 9.97 Å². The van der Waals surface area contributed by atoms with Crippen LogP contribution in [0.4, 0.5) is 10.1 Å². The van der Waals surface area contributed by atoms with Crippen LogP contribution >= 0.6 is 0 Å². The number of aryl methyl sites for hydroxylation is 1. The van der Waals surface area contributed by atoms with Crippen LogP contribution in [0.1, 0.15) is 34.8 Å². The monoisotopic (exact) mass is 355 g/mol. The lowest BCUT2D eigenvalue weighted by Crippen LogP contribution is -2.19. The molecule has 1 saturated heterocycles. The predicted molar refractivity (Wildman–Crippen MR) is 93.5 cm³/mol. The number of hydrogen-bond donors (Lipinski definition) is 0. The molecule has 1 fully saturated rings. The number of furan rings is 1. The van der Waals surface area contributed by atoms with E-state index >= 15 is 0 Å². The number of ether oxygens (including phenoxy) is 1. The summed E-state index contributed by atoms with van der Waals surface area (Å²) in [5, 5.41) is 0. The number of carbonyl (C=O) groups excluding carboxylic acids is 1. The highest BCUT2D eigenvalue weighted by Gasteiger charge is 2.20. The lowest BCUT2D eigenvalue weighted by atomic mass is 10.2. The van der Waals surface area contributed by atoms with Crippen LogP contribution in [0.2, 0.25) is 0 Å². The quantitative estimate of drug-likeness (QED) is 0.666. The molecule has 0 atom stereocenters. The van der Waals surface area contributed by atoms with E-state index in [1.807, 2.05) is 4.90 Å². The molecule has 0 radical (unpaired) electrons. The summed E-state index contributed by atoms with van der Waals surface area (Å²) in [4.78, 5) is 23.0. The first-order valence-electron chi connectivity index (χ1n) is 8.54. The van der Waals surface area contributed by atoms with E-state index in [9.17, 15) is 9.18 Å². The van der Waals surface area contributed by atoms with Crippen molar-refractivity contribution in [2.75, 3.05) is 18.0 Å². The number of esters is 1. The van der Waals surface area contributed by atoms with Crippen molar-refractivity contribution in [1.29, 1.82) is 0 Å². The Morgan fingerprint density at radius 2 is 2.04 bits per heavy atom. The van der Waals surface area contributed by atoms with Crippen LogP contribution in [0.25, 0.3) is 11.0 Å². The molecule has 3 heterocycles. The summed E-state index contributed by atoms with van der Waals surface area (Å²) in [6.45, 7) is 3.38. The number of fused-ring (bicyclic) bond motifs is 1. The van der Waals surface area contributed by atoms with Gasteiger partial charge in [-0.1, -0.05) is 0 Å². The molecular formula is C19H18FN3O3. The standard InChI is InChI=1S/C19H18FN3O3/c1-12-18(19(24)26-11-13-5-4-8-25-13)22-15-9-14(20)17(10-16(15)21-12)23-6-2-3-7-23/h4-5,8-10H,2-3,6-7,11H2,1H3. The van der Waals surface area contributed by atoms with Crippen LogP contribution in [-0.4, -0.2) is 29.0 Å². The van der Waals surface area contributed by atoms with E-state index < -0.39 is 5.97 Å². The summed E-state index contributed by atoms with van der Waals surface area (Å²) in [5.74, 6) is -0.434. The SMILES string of the molecule is Cc1nc2cc(N3CCCC3)c(F)cc2nc1C(=O)OCc1ccco1. The first-order valence-corrected chi connectivity index (χ1v) is 8.54. The third-order valence-electron chi connectivity index (χ3n) is 4.47. The highest BCUT2D eigenvalue weighted by Crippen LogP contribution is 2.27. The molecule has 1 aliphatic heterocycles.